The average Bonchev–Trinajstić information content (AvgIpc) is 2.99. The first-order chi connectivity index (χ1) is 14.4. The minimum absolute atomic E-state index is 0.129. The van der Waals surface area contributed by atoms with Crippen LogP contribution in [0.1, 0.15) is 34.3 Å². The molecular formula is C23H19BrN2O4. The molecule has 0 fully saturated rings. The van der Waals surface area contributed by atoms with Crippen molar-refractivity contribution in [3.8, 4) is 23.3 Å². The van der Waals surface area contributed by atoms with Crippen LogP contribution in [0.25, 0.3) is 0 Å². The second-order valence-electron chi connectivity index (χ2n) is 7.05. The van der Waals surface area contributed by atoms with E-state index in [2.05, 4.69) is 27.0 Å². The van der Waals surface area contributed by atoms with E-state index in [0.717, 1.165) is 5.56 Å². The fraction of sp³-hybridized carbons (Fsp3) is 0.261. The van der Waals surface area contributed by atoms with E-state index >= 15 is 0 Å². The second kappa shape index (κ2) is 7.29. The lowest BCUT2D eigenvalue weighted by Gasteiger charge is -2.35. The molecule has 0 aromatic heterocycles. The summed E-state index contributed by atoms with van der Waals surface area (Å²) in [4.78, 5) is 18.3. The van der Waals surface area contributed by atoms with Crippen molar-refractivity contribution in [3.05, 3.63) is 64.4 Å². The van der Waals surface area contributed by atoms with Crippen molar-refractivity contribution in [2.75, 3.05) is 21.3 Å². The van der Waals surface area contributed by atoms with Gasteiger partial charge in [-0.25, -0.2) is 0 Å². The number of ether oxygens (including phenoxy) is 3. The molecule has 6 nitrogen and oxygen atoms in total. The molecular weight excluding hydrogens is 448 g/mol. The highest BCUT2D eigenvalue weighted by Gasteiger charge is 2.58. The van der Waals surface area contributed by atoms with E-state index in [9.17, 15) is 10.1 Å². The standard InChI is InChI=1S/C23H19BrN2O4/c1-12-16(11-25)19(13-9-17(28-2)20(30-4)18(10-13)29-3)23(24)21(26-12)14-7-5-6-8-15(14)22(23)27/h5-10,19H,1-4H3. The molecule has 0 N–H and O–H groups in total. The van der Waals surface area contributed by atoms with Crippen LogP contribution in [-0.4, -0.2) is 37.1 Å². The molecule has 2 aliphatic rings. The molecule has 4 rings (SSSR count). The monoisotopic (exact) mass is 466 g/mol. The van der Waals surface area contributed by atoms with Crippen LogP contribution < -0.4 is 14.2 Å². The van der Waals surface area contributed by atoms with Gasteiger partial charge in [0.25, 0.3) is 0 Å². The molecule has 30 heavy (non-hydrogen) atoms. The van der Waals surface area contributed by atoms with Crippen LogP contribution in [0.15, 0.2) is 52.7 Å². The van der Waals surface area contributed by atoms with Gasteiger partial charge in [0.05, 0.1) is 44.4 Å². The topological polar surface area (TPSA) is 80.9 Å². The average molecular weight is 467 g/mol. The molecule has 1 aliphatic carbocycles. The van der Waals surface area contributed by atoms with E-state index in [1.807, 2.05) is 18.2 Å². The molecule has 2 atom stereocenters. The third kappa shape index (κ3) is 2.60. The second-order valence-corrected chi connectivity index (χ2v) is 8.30. The summed E-state index contributed by atoms with van der Waals surface area (Å²) in [6.07, 6.45) is 0. The lowest BCUT2D eigenvalue weighted by molar-refractivity contribution is 0.0972. The highest BCUT2D eigenvalue weighted by atomic mass is 79.9. The Morgan fingerprint density at radius 1 is 1.07 bits per heavy atom. The Balaban J connectivity index is 2.02. The van der Waals surface area contributed by atoms with E-state index in [-0.39, 0.29) is 5.78 Å². The number of nitriles is 1. The largest absolute Gasteiger partial charge is 0.493 e. The van der Waals surface area contributed by atoms with Crippen LogP contribution in [0.4, 0.5) is 0 Å². The van der Waals surface area contributed by atoms with Gasteiger partial charge in [-0.1, -0.05) is 40.2 Å². The Bertz CT molecular complexity index is 1150. The van der Waals surface area contributed by atoms with Crippen LogP contribution in [0.5, 0.6) is 17.2 Å². The van der Waals surface area contributed by atoms with E-state index < -0.39 is 10.2 Å². The molecule has 1 heterocycles. The summed E-state index contributed by atoms with van der Waals surface area (Å²) in [6, 6.07) is 13.2. The molecule has 1 aliphatic heterocycles. The first-order valence-corrected chi connectivity index (χ1v) is 10.0. The third-order valence-corrected chi connectivity index (χ3v) is 6.79. The molecule has 0 bridgehead atoms. The molecule has 152 valence electrons. The van der Waals surface area contributed by atoms with Crippen LogP contribution in [0.2, 0.25) is 0 Å². The number of halogens is 1. The van der Waals surface area contributed by atoms with Gasteiger partial charge >= 0.3 is 0 Å². The summed E-state index contributed by atoms with van der Waals surface area (Å²) >= 11 is 3.73. The maximum Gasteiger partial charge on any atom is 0.203 e. The molecule has 0 saturated carbocycles. The van der Waals surface area contributed by atoms with Gasteiger partial charge in [-0.05, 0) is 24.6 Å². The molecule has 2 aromatic carbocycles. The van der Waals surface area contributed by atoms with Crippen molar-refractivity contribution in [1.29, 1.82) is 5.26 Å². The van der Waals surface area contributed by atoms with E-state index in [1.165, 1.54) is 21.3 Å². The van der Waals surface area contributed by atoms with E-state index in [1.54, 1.807) is 25.1 Å². The first kappa shape index (κ1) is 20.2. The molecule has 0 spiro atoms. The van der Waals surface area contributed by atoms with E-state index in [0.29, 0.717) is 45.4 Å². The molecule has 7 heteroatoms. The number of methoxy groups -OCH3 is 3. The minimum Gasteiger partial charge on any atom is -0.493 e. The van der Waals surface area contributed by atoms with Gasteiger partial charge in [0, 0.05) is 17.0 Å². The van der Waals surface area contributed by atoms with Crippen LogP contribution >= 0.6 is 15.9 Å². The van der Waals surface area contributed by atoms with Crippen molar-refractivity contribution in [3.63, 3.8) is 0 Å². The van der Waals surface area contributed by atoms with Crippen LogP contribution in [-0.2, 0) is 0 Å². The number of alkyl halides is 1. The van der Waals surface area contributed by atoms with Gasteiger partial charge in [0.15, 0.2) is 17.3 Å². The van der Waals surface area contributed by atoms with Crippen molar-refractivity contribution < 1.29 is 19.0 Å². The van der Waals surface area contributed by atoms with Crippen LogP contribution in [0, 0.1) is 11.3 Å². The van der Waals surface area contributed by atoms with Gasteiger partial charge in [0.2, 0.25) is 5.75 Å². The zero-order valence-electron chi connectivity index (χ0n) is 16.9. The van der Waals surface area contributed by atoms with Crippen LogP contribution in [0.3, 0.4) is 0 Å². The summed E-state index contributed by atoms with van der Waals surface area (Å²) in [5.74, 6) is 0.589. The summed E-state index contributed by atoms with van der Waals surface area (Å²) in [7, 11) is 4.59. The fourth-order valence-electron chi connectivity index (χ4n) is 4.24. The Labute approximate surface area is 182 Å². The number of rotatable bonds is 4. The van der Waals surface area contributed by atoms with Crippen molar-refractivity contribution in [2.24, 2.45) is 4.99 Å². The lowest BCUT2D eigenvalue weighted by atomic mass is 9.75. The SMILES string of the molecule is COc1cc(C2C(C#N)=C(C)N=C3c4ccccc4C(=O)C32Br)cc(OC)c1OC. The summed E-state index contributed by atoms with van der Waals surface area (Å²) in [5, 5.41) is 9.99. The Kier molecular flexibility index (Phi) is 4.91. The third-order valence-electron chi connectivity index (χ3n) is 5.60. The van der Waals surface area contributed by atoms with Gasteiger partial charge in [-0.15, -0.1) is 0 Å². The molecule has 2 aromatic rings. The summed E-state index contributed by atoms with van der Waals surface area (Å²) < 4.78 is 15.2. The zero-order valence-corrected chi connectivity index (χ0v) is 18.5. The predicted molar refractivity (Wildman–Crippen MR) is 116 cm³/mol. The van der Waals surface area contributed by atoms with Crippen molar-refractivity contribution >= 4 is 27.4 Å². The minimum atomic E-state index is -1.20. The number of allylic oxidation sites excluding steroid dienone is 2. The van der Waals surface area contributed by atoms with Crippen molar-refractivity contribution in [1.82, 2.24) is 0 Å². The number of carbonyl (C=O) groups excluding carboxylic acids is 1. The number of ketones is 1. The van der Waals surface area contributed by atoms with Gasteiger partial charge in [-0.3, -0.25) is 9.79 Å². The normalized spacial score (nSPS) is 22.1. The Morgan fingerprint density at radius 2 is 1.67 bits per heavy atom. The van der Waals surface area contributed by atoms with Gasteiger partial charge in [0.1, 0.15) is 4.32 Å². The molecule has 0 amide bonds. The number of nitrogens with zero attached hydrogens (tertiary/aromatic N) is 2. The molecule has 0 saturated heterocycles. The first-order valence-electron chi connectivity index (χ1n) is 9.25. The number of fused-ring (bicyclic) bond motifs is 3. The Hall–Kier alpha value is -3.11. The maximum absolute atomic E-state index is 13.6. The zero-order chi connectivity index (χ0) is 21.6. The highest BCUT2D eigenvalue weighted by molar-refractivity contribution is 9.10. The van der Waals surface area contributed by atoms with E-state index in [4.69, 9.17) is 14.2 Å². The highest BCUT2D eigenvalue weighted by Crippen LogP contribution is 2.54. The number of Topliss-reactive ketones (excluding diaryl/α,β-unsaturated/α-hetero) is 1. The number of carbonyl (C=O) groups is 1. The number of aliphatic imine (C=N–C) groups is 1. The van der Waals surface area contributed by atoms with Gasteiger partial charge in [-0.2, -0.15) is 5.26 Å². The summed E-state index contributed by atoms with van der Waals surface area (Å²) in [5.41, 5.74) is 3.63. The quantitative estimate of drug-likeness (QED) is 0.622. The molecule has 0 radical (unpaired) electrons. The van der Waals surface area contributed by atoms with Crippen molar-refractivity contribution in [2.45, 2.75) is 17.2 Å². The predicted octanol–water partition coefficient (Wildman–Crippen LogP) is 4.43. The maximum atomic E-state index is 13.6. The van der Waals surface area contributed by atoms with Gasteiger partial charge < -0.3 is 14.2 Å². The Morgan fingerprint density at radius 3 is 2.20 bits per heavy atom. The fourth-order valence-corrected chi connectivity index (χ4v) is 5.25. The number of benzene rings is 2. The molecule has 2 unspecified atom stereocenters. The number of hydrogen-bond donors (Lipinski definition) is 0. The summed E-state index contributed by atoms with van der Waals surface area (Å²) in [6.45, 7) is 1.79. The lowest BCUT2D eigenvalue weighted by Crippen LogP contribution is -2.44. The number of hydrogen-bond acceptors (Lipinski definition) is 6. The smallest absolute Gasteiger partial charge is 0.203 e.